The molecule has 4 nitrogen and oxygen atoms in total. The highest BCUT2D eigenvalue weighted by Crippen LogP contribution is 2.25. The number of likely N-dealkylation sites (tertiary alicyclic amines) is 2. The molecule has 0 radical (unpaired) electrons. The smallest absolute Gasteiger partial charge is 0.226 e. The summed E-state index contributed by atoms with van der Waals surface area (Å²) in [5.74, 6) is 0.539. The first-order chi connectivity index (χ1) is 13.0. The van der Waals surface area contributed by atoms with Crippen LogP contribution in [0.25, 0.3) is 0 Å². The second-order valence-corrected chi connectivity index (χ2v) is 8.69. The number of carbonyl (C=O) groups excluding carboxylic acids is 1. The van der Waals surface area contributed by atoms with Crippen molar-refractivity contribution in [2.75, 3.05) is 39.8 Å². The Bertz CT molecular complexity index is 581. The van der Waals surface area contributed by atoms with Gasteiger partial charge in [0.15, 0.2) is 0 Å². The van der Waals surface area contributed by atoms with Gasteiger partial charge in [0.1, 0.15) is 0 Å². The molecule has 2 saturated heterocycles. The number of nitrogens with zero attached hydrogens (tertiary/aromatic N) is 3. The van der Waals surface area contributed by atoms with Gasteiger partial charge in [-0.25, -0.2) is 0 Å². The van der Waals surface area contributed by atoms with Crippen LogP contribution in [-0.2, 0) is 11.2 Å². The average molecular weight is 372 g/mol. The fraction of sp³-hybridized carbons (Fsp3) is 0.696. The normalized spacial score (nSPS) is 22.9. The molecule has 27 heavy (non-hydrogen) atoms. The molecule has 1 amide bonds. The summed E-state index contributed by atoms with van der Waals surface area (Å²) < 4.78 is 0. The molecule has 3 rings (SSSR count). The van der Waals surface area contributed by atoms with E-state index < -0.39 is 0 Å². The standard InChI is InChI=1S/C23H37N3O/c1-19(2)24(3)23(27)21-10-7-14-26(18-21)22-12-16-25(17-13-22)15-11-20-8-5-4-6-9-20/h4-6,8-9,19,21-22H,7,10-18H2,1-3H3. The summed E-state index contributed by atoms with van der Waals surface area (Å²) in [7, 11) is 1.96. The summed E-state index contributed by atoms with van der Waals surface area (Å²) in [5, 5.41) is 0. The second kappa shape index (κ2) is 9.70. The van der Waals surface area contributed by atoms with Gasteiger partial charge in [0, 0.05) is 32.2 Å². The Hall–Kier alpha value is -1.39. The van der Waals surface area contributed by atoms with Crippen LogP contribution in [0.3, 0.4) is 0 Å². The molecule has 0 aliphatic carbocycles. The van der Waals surface area contributed by atoms with Crippen LogP contribution in [0.4, 0.5) is 0 Å². The van der Waals surface area contributed by atoms with Crippen molar-refractivity contribution in [2.24, 2.45) is 5.92 Å². The Morgan fingerprint density at radius 2 is 1.81 bits per heavy atom. The SMILES string of the molecule is CC(C)N(C)C(=O)C1CCCN(C2CCN(CCc3ccccc3)CC2)C1. The molecule has 0 aromatic heterocycles. The van der Waals surface area contributed by atoms with Crippen molar-refractivity contribution < 1.29 is 4.79 Å². The zero-order chi connectivity index (χ0) is 19.2. The Balaban J connectivity index is 1.44. The molecule has 2 heterocycles. The van der Waals surface area contributed by atoms with E-state index >= 15 is 0 Å². The molecule has 2 aliphatic rings. The number of carbonyl (C=O) groups is 1. The van der Waals surface area contributed by atoms with Gasteiger partial charge in [-0.2, -0.15) is 0 Å². The van der Waals surface area contributed by atoms with Gasteiger partial charge < -0.3 is 9.80 Å². The predicted octanol–water partition coefficient (Wildman–Crippen LogP) is 3.27. The topological polar surface area (TPSA) is 26.8 Å². The van der Waals surface area contributed by atoms with Crippen LogP contribution in [0.2, 0.25) is 0 Å². The van der Waals surface area contributed by atoms with E-state index in [2.05, 4.69) is 54.0 Å². The van der Waals surface area contributed by atoms with Crippen LogP contribution in [0, 0.1) is 5.92 Å². The molecule has 2 aliphatic heterocycles. The lowest BCUT2D eigenvalue weighted by atomic mass is 9.92. The Labute approximate surface area is 165 Å². The molecule has 150 valence electrons. The fourth-order valence-corrected chi connectivity index (χ4v) is 4.52. The van der Waals surface area contributed by atoms with E-state index in [1.54, 1.807) is 0 Å². The van der Waals surface area contributed by atoms with Crippen LogP contribution in [0.1, 0.15) is 45.1 Å². The van der Waals surface area contributed by atoms with Crippen molar-refractivity contribution in [1.82, 2.24) is 14.7 Å². The highest BCUT2D eigenvalue weighted by Gasteiger charge is 2.33. The largest absolute Gasteiger partial charge is 0.343 e. The van der Waals surface area contributed by atoms with Gasteiger partial charge in [-0.3, -0.25) is 9.69 Å². The average Bonchev–Trinajstić information content (AvgIpc) is 2.72. The van der Waals surface area contributed by atoms with E-state index in [1.807, 2.05) is 11.9 Å². The quantitative estimate of drug-likeness (QED) is 0.768. The summed E-state index contributed by atoms with van der Waals surface area (Å²) in [6, 6.07) is 11.8. The van der Waals surface area contributed by atoms with Crippen LogP contribution in [0.5, 0.6) is 0 Å². The first kappa shape index (κ1) is 20.3. The number of benzene rings is 1. The first-order valence-electron chi connectivity index (χ1n) is 10.8. The maximum absolute atomic E-state index is 12.7. The summed E-state index contributed by atoms with van der Waals surface area (Å²) in [6.07, 6.45) is 5.86. The minimum Gasteiger partial charge on any atom is -0.343 e. The molecule has 2 fully saturated rings. The summed E-state index contributed by atoms with van der Waals surface area (Å²) in [6.45, 7) is 9.88. The number of piperidine rings is 2. The summed E-state index contributed by atoms with van der Waals surface area (Å²) in [4.78, 5) is 19.9. The molecule has 0 spiro atoms. The van der Waals surface area contributed by atoms with E-state index in [0.29, 0.717) is 18.0 Å². The molecule has 4 heteroatoms. The van der Waals surface area contributed by atoms with Gasteiger partial charge in [-0.15, -0.1) is 0 Å². The molecule has 0 bridgehead atoms. The van der Waals surface area contributed by atoms with Gasteiger partial charge in [0.2, 0.25) is 5.91 Å². The van der Waals surface area contributed by atoms with Gasteiger partial charge in [-0.1, -0.05) is 30.3 Å². The zero-order valence-electron chi connectivity index (χ0n) is 17.4. The van der Waals surface area contributed by atoms with E-state index in [-0.39, 0.29) is 5.92 Å². The van der Waals surface area contributed by atoms with E-state index in [1.165, 1.54) is 38.0 Å². The van der Waals surface area contributed by atoms with Crippen molar-refractivity contribution in [3.8, 4) is 0 Å². The highest BCUT2D eigenvalue weighted by molar-refractivity contribution is 5.79. The Morgan fingerprint density at radius 3 is 2.48 bits per heavy atom. The number of rotatable bonds is 6. The maximum atomic E-state index is 12.7. The van der Waals surface area contributed by atoms with Crippen molar-refractivity contribution in [3.63, 3.8) is 0 Å². The predicted molar refractivity (Wildman–Crippen MR) is 112 cm³/mol. The molecule has 1 unspecified atom stereocenters. The molecule has 1 aromatic rings. The van der Waals surface area contributed by atoms with Crippen LogP contribution in [-0.4, -0.2) is 72.5 Å². The Morgan fingerprint density at radius 1 is 1.11 bits per heavy atom. The van der Waals surface area contributed by atoms with Crippen molar-refractivity contribution in [1.29, 1.82) is 0 Å². The number of hydrogen-bond donors (Lipinski definition) is 0. The molecule has 0 N–H and O–H groups in total. The second-order valence-electron chi connectivity index (χ2n) is 8.69. The van der Waals surface area contributed by atoms with Gasteiger partial charge in [-0.05, 0) is 71.1 Å². The molecule has 1 atom stereocenters. The third-order valence-corrected chi connectivity index (χ3v) is 6.56. The molecule has 0 saturated carbocycles. The summed E-state index contributed by atoms with van der Waals surface area (Å²) in [5.41, 5.74) is 1.44. The van der Waals surface area contributed by atoms with E-state index in [9.17, 15) is 4.79 Å². The third-order valence-electron chi connectivity index (χ3n) is 6.56. The van der Waals surface area contributed by atoms with Crippen LogP contribution in [0.15, 0.2) is 30.3 Å². The van der Waals surface area contributed by atoms with E-state index in [4.69, 9.17) is 0 Å². The lowest BCUT2D eigenvalue weighted by Crippen LogP contribution is -2.51. The van der Waals surface area contributed by atoms with E-state index in [0.717, 1.165) is 32.4 Å². The third kappa shape index (κ3) is 5.55. The fourth-order valence-electron chi connectivity index (χ4n) is 4.52. The maximum Gasteiger partial charge on any atom is 0.226 e. The van der Waals surface area contributed by atoms with Crippen molar-refractivity contribution in [3.05, 3.63) is 35.9 Å². The molecule has 1 aromatic carbocycles. The number of hydrogen-bond acceptors (Lipinski definition) is 3. The number of amides is 1. The minimum absolute atomic E-state index is 0.197. The van der Waals surface area contributed by atoms with Crippen LogP contribution < -0.4 is 0 Å². The van der Waals surface area contributed by atoms with Gasteiger partial charge in [0.05, 0.1) is 5.92 Å². The van der Waals surface area contributed by atoms with Crippen LogP contribution >= 0.6 is 0 Å². The monoisotopic (exact) mass is 371 g/mol. The lowest BCUT2D eigenvalue weighted by Gasteiger charge is -2.42. The first-order valence-corrected chi connectivity index (χ1v) is 10.8. The van der Waals surface area contributed by atoms with Gasteiger partial charge in [0.25, 0.3) is 0 Å². The molecular formula is C23H37N3O. The van der Waals surface area contributed by atoms with Crippen molar-refractivity contribution >= 4 is 5.91 Å². The van der Waals surface area contributed by atoms with Crippen molar-refractivity contribution in [2.45, 2.75) is 58.0 Å². The molecular weight excluding hydrogens is 334 g/mol. The Kier molecular flexibility index (Phi) is 7.31. The zero-order valence-corrected chi connectivity index (χ0v) is 17.4. The highest BCUT2D eigenvalue weighted by atomic mass is 16.2. The van der Waals surface area contributed by atoms with Gasteiger partial charge >= 0.3 is 0 Å². The minimum atomic E-state index is 0.197. The lowest BCUT2D eigenvalue weighted by molar-refractivity contribution is -0.138. The summed E-state index contributed by atoms with van der Waals surface area (Å²) >= 11 is 0.